The summed E-state index contributed by atoms with van der Waals surface area (Å²) in [7, 11) is 0. The van der Waals surface area contributed by atoms with Crippen molar-refractivity contribution in [1.82, 2.24) is 24.8 Å². The minimum absolute atomic E-state index is 0.361. The predicted molar refractivity (Wildman–Crippen MR) is 82.3 cm³/mol. The van der Waals surface area contributed by atoms with Gasteiger partial charge in [0.05, 0.1) is 5.02 Å². The van der Waals surface area contributed by atoms with Crippen LogP contribution in [0.5, 0.6) is 0 Å². The Morgan fingerprint density at radius 1 is 1.09 bits per heavy atom. The Hall–Kier alpha value is -2.38. The van der Waals surface area contributed by atoms with Crippen molar-refractivity contribution in [3.05, 3.63) is 53.6 Å². The van der Waals surface area contributed by atoms with E-state index in [9.17, 15) is 4.39 Å². The fourth-order valence-electron chi connectivity index (χ4n) is 2.07. The molecule has 4 rings (SSSR count). The summed E-state index contributed by atoms with van der Waals surface area (Å²) in [5, 5.41) is 13.7. The molecular weight excluding hydrogens is 325 g/mol. The molecule has 3 aromatic heterocycles. The van der Waals surface area contributed by atoms with Crippen molar-refractivity contribution in [2.45, 2.75) is 0 Å². The first-order chi connectivity index (χ1) is 10.7. The van der Waals surface area contributed by atoms with Gasteiger partial charge in [0.1, 0.15) is 10.8 Å². The minimum atomic E-state index is -0.361. The smallest absolute Gasteiger partial charge is 0.235 e. The molecule has 0 bridgehead atoms. The average molecular weight is 332 g/mol. The third-order valence-electron chi connectivity index (χ3n) is 3.09. The molecule has 0 aliphatic carbocycles. The summed E-state index contributed by atoms with van der Waals surface area (Å²) in [4.78, 5) is 4.59. The molecule has 0 aliphatic rings. The summed E-state index contributed by atoms with van der Waals surface area (Å²) < 4.78 is 15.1. The molecule has 22 heavy (non-hydrogen) atoms. The number of benzene rings is 1. The highest BCUT2D eigenvalue weighted by Gasteiger charge is 2.16. The van der Waals surface area contributed by atoms with Gasteiger partial charge in [0.15, 0.2) is 5.82 Å². The molecule has 0 fully saturated rings. The van der Waals surface area contributed by atoms with Crippen molar-refractivity contribution in [2.75, 3.05) is 0 Å². The summed E-state index contributed by atoms with van der Waals surface area (Å²) in [6.07, 6.45) is 3.35. The van der Waals surface area contributed by atoms with Gasteiger partial charge < -0.3 is 0 Å². The maximum atomic E-state index is 13.4. The zero-order valence-corrected chi connectivity index (χ0v) is 12.5. The molecule has 4 aromatic rings. The molecule has 0 unspecified atom stereocenters. The van der Waals surface area contributed by atoms with Gasteiger partial charge in [-0.2, -0.15) is 9.61 Å². The Balaban J connectivity index is 1.89. The van der Waals surface area contributed by atoms with Gasteiger partial charge in [0.2, 0.25) is 4.96 Å². The molecule has 3 heterocycles. The van der Waals surface area contributed by atoms with Gasteiger partial charge in [0, 0.05) is 23.5 Å². The highest BCUT2D eigenvalue weighted by Crippen LogP contribution is 2.32. The number of rotatable bonds is 2. The van der Waals surface area contributed by atoms with Gasteiger partial charge in [-0.05, 0) is 30.3 Å². The maximum Gasteiger partial charge on any atom is 0.235 e. The molecule has 5 nitrogen and oxygen atoms in total. The molecule has 0 saturated carbocycles. The van der Waals surface area contributed by atoms with E-state index in [-0.39, 0.29) is 5.82 Å². The topological polar surface area (TPSA) is 56.0 Å². The standard InChI is InChI=1S/C14H7ClFN5S/c15-11-2-1-9(16)7-10(11)13-20-21-12(18-19-14(21)22-13)8-3-5-17-6-4-8/h1-7H. The van der Waals surface area contributed by atoms with Crippen LogP contribution in [0.1, 0.15) is 0 Å². The van der Waals surface area contributed by atoms with Crippen LogP contribution in [0.15, 0.2) is 42.7 Å². The van der Waals surface area contributed by atoms with Crippen LogP contribution in [-0.2, 0) is 0 Å². The molecule has 1 aromatic carbocycles. The number of hydrogen-bond acceptors (Lipinski definition) is 5. The number of aromatic nitrogens is 5. The highest BCUT2D eigenvalue weighted by atomic mass is 35.5. The first-order valence-corrected chi connectivity index (χ1v) is 7.50. The van der Waals surface area contributed by atoms with Crippen LogP contribution in [0.2, 0.25) is 5.02 Å². The lowest BCUT2D eigenvalue weighted by molar-refractivity contribution is 0.628. The first-order valence-electron chi connectivity index (χ1n) is 6.30. The third-order valence-corrected chi connectivity index (χ3v) is 4.35. The maximum absolute atomic E-state index is 13.4. The summed E-state index contributed by atoms with van der Waals surface area (Å²) in [6, 6.07) is 7.84. The van der Waals surface area contributed by atoms with E-state index in [2.05, 4.69) is 20.3 Å². The van der Waals surface area contributed by atoms with Crippen LogP contribution in [0.25, 0.3) is 26.9 Å². The zero-order valence-electron chi connectivity index (χ0n) is 10.9. The second kappa shape index (κ2) is 5.11. The highest BCUT2D eigenvalue weighted by molar-refractivity contribution is 7.19. The van der Waals surface area contributed by atoms with Crippen molar-refractivity contribution in [3.63, 3.8) is 0 Å². The molecule has 0 amide bonds. The second-order valence-electron chi connectivity index (χ2n) is 4.49. The average Bonchev–Trinajstić information content (AvgIpc) is 3.10. The number of nitrogens with zero attached hydrogens (tertiary/aromatic N) is 5. The third kappa shape index (κ3) is 2.15. The van der Waals surface area contributed by atoms with E-state index in [1.54, 1.807) is 16.9 Å². The van der Waals surface area contributed by atoms with Crippen LogP contribution in [-0.4, -0.2) is 24.8 Å². The SMILES string of the molecule is Fc1ccc(Cl)c(-c2nn3c(-c4ccncc4)nnc3s2)c1. The molecule has 0 aliphatic heterocycles. The molecular formula is C14H7ClFN5S. The van der Waals surface area contributed by atoms with E-state index >= 15 is 0 Å². The van der Waals surface area contributed by atoms with Crippen molar-refractivity contribution < 1.29 is 4.39 Å². The molecule has 0 atom stereocenters. The second-order valence-corrected chi connectivity index (χ2v) is 5.85. The lowest BCUT2D eigenvalue weighted by Crippen LogP contribution is -1.91. The van der Waals surface area contributed by atoms with E-state index < -0.39 is 0 Å². The van der Waals surface area contributed by atoms with Gasteiger partial charge in [-0.3, -0.25) is 4.98 Å². The van der Waals surface area contributed by atoms with E-state index in [1.165, 1.54) is 29.5 Å². The summed E-state index contributed by atoms with van der Waals surface area (Å²) >= 11 is 7.43. The largest absolute Gasteiger partial charge is 0.265 e. The number of pyridine rings is 1. The summed E-state index contributed by atoms with van der Waals surface area (Å²) in [5.41, 5.74) is 1.39. The molecule has 0 spiro atoms. The molecule has 0 N–H and O–H groups in total. The lowest BCUT2D eigenvalue weighted by Gasteiger charge is -1.99. The van der Waals surface area contributed by atoms with Crippen LogP contribution in [0.3, 0.4) is 0 Å². The van der Waals surface area contributed by atoms with E-state index in [4.69, 9.17) is 11.6 Å². The Kier molecular flexibility index (Phi) is 3.09. The van der Waals surface area contributed by atoms with Crippen LogP contribution in [0.4, 0.5) is 4.39 Å². The first kappa shape index (κ1) is 13.3. The monoisotopic (exact) mass is 331 g/mol. The van der Waals surface area contributed by atoms with Crippen molar-refractivity contribution in [1.29, 1.82) is 0 Å². The summed E-state index contributed by atoms with van der Waals surface area (Å²) in [5.74, 6) is 0.243. The predicted octanol–water partition coefficient (Wildman–Crippen LogP) is 3.71. The molecule has 8 heteroatoms. The Morgan fingerprint density at radius 2 is 1.91 bits per heavy atom. The zero-order chi connectivity index (χ0) is 15.1. The van der Waals surface area contributed by atoms with Crippen LogP contribution < -0.4 is 0 Å². The quantitative estimate of drug-likeness (QED) is 0.562. The van der Waals surface area contributed by atoms with Crippen LogP contribution in [0, 0.1) is 5.82 Å². The van der Waals surface area contributed by atoms with Gasteiger partial charge in [-0.15, -0.1) is 10.2 Å². The van der Waals surface area contributed by atoms with E-state index in [1.807, 2.05) is 12.1 Å². The lowest BCUT2D eigenvalue weighted by atomic mass is 10.2. The fourth-order valence-corrected chi connectivity index (χ4v) is 3.20. The van der Waals surface area contributed by atoms with E-state index in [0.29, 0.717) is 26.4 Å². The van der Waals surface area contributed by atoms with Crippen molar-refractivity contribution in [2.24, 2.45) is 0 Å². The minimum Gasteiger partial charge on any atom is -0.265 e. The fraction of sp³-hybridized carbons (Fsp3) is 0. The van der Waals surface area contributed by atoms with Crippen molar-refractivity contribution in [3.8, 4) is 22.0 Å². The van der Waals surface area contributed by atoms with Gasteiger partial charge in [0.25, 0.3) is 0 Å². The van der Waals surface area contributed by atoms with Gasteiger partial charge in [-0.25, -0.2) is 4.39 Å². The normalized spacial score (nSPS) is 11.2. The van der Waals surface area contributed by atoms with E-state index in [0.717, 1.165) is 5.56 Å². The number of hydrogen-bond donors (Lipinski definition) is 0. The molecule has 108 valence electrons. The molecule has 0 radical (unpaired) electrons. The van der Waals surface area contributed by atoms with Gasteiger partial charge >= 0.3 is 0 Å². The summed E-state index contributed by atoms with van der Waals surface area (Å²) in [6.45, 7) is 0. The number of fused-ring (bicyclic) bond motifs is 1. The number of halogens is 2. The Morgan fingerprint density at radius 3 is 2.73 bits per heavy atom. The Bertz CT molecular complexity index is 966. The molecule has 0 saturated heterocycles. The van der Waals surface area contributed by atoms with Gasteiger partial charge in [-0.1, -0.05) is 22.9 Å². The Labute approximate surface area is 133 Å². The van der Waals surface area contributed by atoms with Crippen molar-refractivity contribution >= 4 is 27.9 Å². The van der Waals surface area contributed by atoms with Crippen LogP contribution >= 0.6 is 22.9 Å².